The molecule has 3 rings (SSSR count). The molecule has 0 saturated heterocycles. The number of amides is 3. The predicted octanol–water partition coefficient (Wildman–Crippen LogP) is 2.25. The fraction of sp³-hybridized carbons (Fsp3) is 0.100. The summed E-state index contributed by atoms with van der Waals surface area (Å²) in [5.74, 6) is -1.84. The number of benzene rings is 2. The minimum absolute atomic E-state index is 0.0448. The summed E-state index contributed by atoms with van der Waals surface area (Å²) in [6.45, 7) is 0.0800. The zero-order chi connectivity index (χ0) is 21.5. The lowest BCUT2D eigenvalue weighted by atomic mass is 10.2. The standard InChI is InChI=1S/C20H17ClFN5O3/c21-14-3-1-13(2-4-14)19(29)24-10-9-18(28)25-26-20(30)17-11-23-12-27(17)16-7-5-15(22)6-8-16/h1-8,11-12H,9-10H2,(H,24,29)(H,25,28)(H,26,30). The van der Waals surface area contributed by atoms with Crippen molar-refractivity contribution in [1.82, 2.24) is 25.7 Å². The Morgan fingerprint density at radius 1 is 0.967 bits per heavy atom. The van der Waals surface area contributed by atoms with Crippen molar-refractivity contribution in [3.05, 3.63) is 83.2 Å². The minimum Gasteiger partial charge on any atom is -0.352 e. The molecule has 0 radical (unpaired) electrons. The van der Waals surface area contributed by atoms with Gasteiger partial charge in [-0.05, 0) is 48.5 Å². The van der Waals surface area contributed by atoms with Crippen molar-refractivity contribution in [2.75, 3.05) is 6.54 Å². The number of hydrogen-bond donors (Lipinski definition) is 3. The third kappa shape index (κ3) is 5.42. The topological polar surface area (TPSA) is 105 Å². The van der Waals surface area contributed by atoms with Crippen molar-refractivity contribution in [3.63, 3.8) is 0 Å². The van der Waals surface area contributed by atoms with Gasteiger partial charge < -0.3 is 5.32 Å². The number of carbonyl (C=O) groups excluding carboxylic acids is 3. The van der Waals surface area contributed by atoms with Gasteiger partial charge in [-0.2, -0.15) is 0 Å². The summed E-state index contributed by atoms with van der Waals surface area (Å²) < 4.78 is 14.5. The predicted molar refractivity (Wildman–Crippen MR) is 108 cm³/mol. The zero-order valence-corrected chi connectivity index (χ0v) is 16.3. The molecule has 10 heteroatoms. The molecule has 0 aliphatic rings. The van der Waals surface area contributed by atoms with Gasteiger partial charge in [-0.25, -0.2) is 9.37 Å². The van der Waals surface area contributed by atoms with Gasteiger partial charge >= 0.3 is 0 Å². The Hall–Kier alpha value is -3.72. The quantitative estimate of drug-likeness (QED) is 0.522. The maximum atomic E-state index is 13.1. The number of hydrazine groups is 1. The van der Waals surface area contributed by atoms with Crippen LogP contribution < -0.4 is 16.2 Å². The molecule has 30 heavy (non-hydrogen) atoms. The molecule has 0 saturated carbocycles. The second kappa shape index (κ2) is 9.66. The van der Waals surface area contributed by atoms with Crippen molar-refractivity contribution >= 4 is 29.3 Å². The maximum Gasteiger partial charge on any atom is 0.288 e. The molecule has 0 aliphatic heterocycles. The summed E-state index contributed by atoms with van der Waals surface area (Å²) in [5.41, 5.74) is 5.66. The van der Waals surface area contributed by atoms with Crippen LogP contribution in [0.3, 0.4) is 0 Å². The Morgan fingerprint density at radius 3 is 2.37 bits per heavy atom. The third-order valence-electron chi connectivity index (χ3n) is 4.04. The number of nitrogens with zero attached hydrogens (tertiary/aromatic N) is 2. The Morgan fingerprint density at radius 2 is 1.67 bits per heavy atom. The largest absolute Gasteiger partial charge is 0.352 e. The Labute approximate surface area is 176 Å². The number of carbonyl (C=O) groups is 3. The normalized spacial score (nSPS) is 10.3. The number of nitrogens with one attached hydrogen (secondary N) is 3. The average Bonchev–Trinajstić information content (AvgIpc) is 3.23. The van der Waals surface area contributed by atoms with E-state index < -0.39 is 17.6 Å². The molecular weight excluding hydrogens is 413 g/mol. The van der Waals surface area contributed by atoms with Crippen LogP contribution in [0.2, 0.25) is 5.02 Å². The minimum atomic E-state index is -0.602. The van der Waals surface area contributed by atoms with Crippen molar-refractivity contribution in [3.8, 4) is 5.69 Å². The molecule has 0 aliphatic carbocycles. The second-order valence-corrected chi connectivity index (χ2v) is 6.58. The number of aromatic nitrogens is 2. The summed E-state index contributed by atoms with van der Waals surface area (Å²) in [5, 5.41) is 3.12. The fourth-order valence-electron chi connectivity index (χ4n) is 2.52. The van der Waals surface area contributed by atoms with Gasteiger partial charge in [0.05, 0.1) is 12.5 Å². The molecule has 0 spiro atoms. The average molecular weight is 430 g/mol. The van der Waals surface area contributed by atoms with Crippen molar-refractivity contribution < 1.29 is 18.8 Å². The van der Waals surface area contributed by atoms with E-state index in [1.54, 1.807) is 24.3 Å². The highest BCUT2D eigenvalue weighted by molar-refractivity contribution is 6.30. The van der Waals surface area contributed by atoms with E-state index in [1.165, 1.54) is 41.4 Å². The first kappa shape index (κ1) is 21.0. The molecule has 0 atom stereocenters. The zero-order valence-electron chi connectivity index (χ0n) is 15.6. The van der Waals surface area contributed by atoms with Gasteiger partial charge in [0, 0.05) is 29.2 Å². The SMILES string of the molecule is O=C(CCNC(=O)c1ccc(Cl)cc1)NNC(=O)c1cncn1-c1ccc(F)cc1. The van der Waals surface area contributed by atoms with Gasteiger partial charge in [0.1, 0.15) is 11.5 Å². The van der Waals surface area contributed by atoms with E-state index in [2.05, 4.69) is 21.2 Å². The van der Waals surface area contributed by atoms with Gasteiger partial charge in [-0.1, -0.05) is 11.6 Å². The first-order valence-corrected chi connectivity index (χ1v) is 9.23. The third-order valence-corrected chi connectivity index (χ3v) is 4.29. The summed E-state index contributed by atoms with van der Waals surface area (Å²) in [6.07, 6.45) is 2.67. The van der Waals surface area contributed by atoms with Gasteiger partial charge in [0.25, 0.3) is 11.8 Å². The number of rotatable bonds is 6. The molecule has 8 nitrogen and oxygen atoms in total. The molecular formula is C20H17ClFN5O3. The molecule has 0 bridgehead atoms. The molecule has 3 N–H and O–H groups in total. The Balaban J connectivity index is 1.46. The summed E-state index contributed by atoms with van der Waals surface area (Å²) in [4.78, 5) is 40.1. The molecule has 1 heterocycles. The number of imidazole rings is 1. The van der Waals surface area contributed by atoms with Gasteiger partial charge in [-0.15, -0.1) is 0 Å². The van der Waals surface area contributed by atoms with E-state index >= 15 is 0 Å². The molecule has 0 unspecified atom stereocenters. The van der Waals surface area contributed by atoms with Crippen LogP contribution in [0.25, 0.3) is 5.69 Å². The maximum absolute atomic E-state index is 13.1. The summed E-state index contributed by atoms with van der Waals surface area (Å²) in [6, 6.07) is 11.8. The highest BCUT2D eigenvalue weighted by Gasteiger charge is 2.14. The van der Waals surface area contributed by atoms with E-state index in [0.29, 0.717) is 16.3 Å². The van der Waals surface area contributed by atoms with Gasteiger partial charge in [0.2, 0.25) is 5.91 Å². The van der Waals surface area contributed by atoms with Crippen LogP contribution in [-0.4, -0.2) is 33.8 Å². The first-order valence-electron chi connectivity index (χ1n) is 8.85. The lowest BCUT2D eigenvalue weighted by molar-refractivity contribution is -0.121. The highest BCUT2D eigenvalue weighted by atomic mass is 35.5. The smallest absolute Gasteiger partial charge is 0.288 e. The molecule has 1 aromatic heterocycles. The summed E-state index contributed by atoms with van der Waals surface area (Å²) >= 11 is 5.77. The van der Waals surface area contributed by atoms with Crippen LogP contribution in [-0.2, 0) is 4.79 Å². The molecule has 154 valence electrons. The Kier molecular flexibility index (Phi) is 6.76. The van der Waals surface area contributed by atoms with Crippen LogP contribution in [0.5, 0.6) is 0 Å². The second-order valence-electron chi connectivity index (χ2n) is 6.14. The van der Waals surface area contributed by atoms with E-state index in [9.17, 15) is 18.8 Å². The van der Waals surface area contributed by atoms with Crippen LogP contribution >= 0.6 is 11.6 Å². The van der Waals surface area contributed by atoms with Crippen LogP contribution in [0, 0.1) is 5.82 Å². The van der Waals surface area contributed by atoms with Crippen LogP contribution in [0.15, 0.2) is 61.1 Å². The van der Waals surface area contributed by atoms with Gasteiger partial charge in [-0.3, -0.25) is 29.8 Å². The van der Waals surface area contributed by atoms with Crippen molar-refractivity contribution in [2.45, 2.75) is 6.42 Å². The summed E-state index contributed by atoms with van der Waals surface area (Å²) in [7, 11) is 0. The van der Waals surface area contributed by atoms with E-state index in [0.717, 1.165) is 0 Å². The first-order chi connectivity index (χ1) is 14.4. The lowest BCUT2D eigenvalue weighted by Crippen LogP contribution is -2.43. The van der Waals surface area contributed by atoms with Gasteiger partial charge in [0.15, 0.2) is 0 Å². The lowest BCUT2D eigenvalue weighted by Gasteiger charge is -2.10. The number of halogens is 2. The number of hydrogen-bond acceptors (Lipinski definition) is 4. The van der Waals surface area contributed by atoms with E-state index in [1.807, 2.05) is 0 Å². The monoisotopic (exact) mass is 429 g/mol. The molecule has 0 fully saturated rings. The molecule has 3 amide bonds. The Bertz CT molecular complexity index is 1050. The molecule has 3 aromatic rings. The fourth-order valence-corrected chi connectivity index (χ4v) is 2.64. The van der Waals surface area contributed by atoms with Crippen LogP contribution in [0.1, 0.15) is 27.3 Å². The van der Waals surface area contributed by atoms with Crippen molar-refractivity contribution in [2.24, 2.45) is 0 Å². The van der Waals surface area contributed by atoms with Crippen LogP contribution in [0.4, 0.5) is 4.39 Å². The van der Waals surface area contributed by atoms with E-state index in [-0.39, 0.29) is 24.6 Å². The van der Waals surface area contributed by atoms with Crippen molar-refractivity contribution in [1.29, 1.82) is 0 Å². The van der Waals surface area contributed by atoms with E-state index in [4.69, 9.17) is 11.6 Å². The molecule has 2 aromatic carbocycles. The highest BCUT2D eigenvalue weighted by Crippen LogP contribution is 2.12.